The molecule has 0 bridgehead atoms. The molecule has 0 aromatic carbocycles. The van der Waals surface area contributed by atoms with Gasteiger partial charge in [0.05, 0.1) is 7.11 Å². The van der Waals surface area contributed by atoms with Gasteiger partial charge in [-0.05, 0) is 44.3 Å². The molecule has 1 N–H and O–H groups in total. The second-order valence-corrected chi connectivity index (χ2v) is 4.10. The summed E-state index contributed by atoms with van der Waals surface area (Å²) in [7, 11) is 1.72. The van der Waals surface area contributed by atoms with E-state index in [1.807, 2.05) is 12.3 Å². The van der Waals surface area contributed by atoms with Crippen molar-refractivity contribution in [2.45, 2.75) is 19.3 Å². The molecule has 2 rings (SSSR count). The highest BCUT2D eigenvalue weighted by Gasteiger charge is 2.15. The number of nitrogens with zero attached hydrogens (tertiary/aromatic N) is 1. The van der Waals surface area contributed by atoms with Crippen LogP contribution in [-0.4, -0.2) is 25.2 Å². The Bertz CT molecular complexity index is 308. The van der Waals surface area contributed by atoms with Crippen LogP contribution in [0.2, 0.25) is 0 Å². The summed E-state index contributed by atoms with van der Waals surface area (Å²) in [6, 6.07) is 1.94. The number of ether oxygens (including phenoxy) is 1. The molecule has 3 heteroatoms. The van der Waals surface area contributed by atoms with Crippen molar-refractivity contribution in [1.29, 1.82) is 0 Å². The van der Waals surface area contributed by atoms with Crippen LogP contribution in [0.25, 0.3) is 0 Å². The zero-order valence-corrected chi connectivity index (χ0v) is 9.20. The van der Waals surface area contributed by atoms with Gasteiger partial charge >= 0.3 is 0 Å². The molecule has 1 aromatic rings. The minimum atomic E-state index is 0.733. The maximum absolute atomic E-state index is 5.33. The van der Waals surface area contributed by atoms with Gasteiger partial charge in [-0.25, -0.2) is 0 Å². The fourth-order valence-electron chi connectivity index (χ4n) is 2.18. The summed E-state index contributed by atoms with van der Waals surface area (Å²) in [5.74, 6) is 1.70. The zero-order chi connectivity index (χ0) is 10.5. The first-order valence-electron chi connectivity index (χ1n) is 5.57. The van der Waals surface area contributed by atoms with Crippen molar-refractivity contribution >= 4 is 0 Å². The van der Waals surface area contributed by atoms with E-state index >= 15 is 0 Å². The molecular formula is C12H18N2O. The molecule has 1 aliphatic rings. The molecule has 3 nitrogen and oxygen atoms in total. The van der Waals surface area contributed by atoms with E-state index in [1.54, 1.807) is 13.3 Å². The van der Waals surface area contributed by atoms with Gasteiger partial charge in [-0.1, -0.05) is 0 Å². The van der Waals surface area contributed by atoms with Crippen LogP contribution in [-0.2, 0) is 6.42 Å². The van der Waals surface area contributed by atoms with Crippen molar-refractivity contribution < 1.29 is 4.74 Å². The zero-order valence-electron chi connectivity index (χ0n) is 9.20. The van der Waals surface area contributed by atoms with Crippen molar-refractivity contribution in [3.63, 3.8) is 0 Å². The van der Waals surface area contributed by atoms with Crippen LogP contribution in [0.4, 0.5) is 0 Å². The Kier molecular flexibility index (Phi) is 3.56. The maximum atomic E-state index is 5.33. The Morgan fingerprint density at radius 1 is 1.60 bits per heavy atom. The summed E-state index contributed by atoms with van der Waals surface area (Å²) >= 11 is 0. The highest BCUT2D eigenvalue weighted by atomic mass is 16.5. The average Bonchev–Trinajstić information content (AvgIpc) is 2.31. The SMILES string of the molecule is COc1ccncc1CC1CCCNC1. The third-order valence-corrected chi connectivity index (χ3v) is 2.99. The monoisotopic (exact) mass is 206 g/mol. The summed E-state index contributed by atoms with van der Waals surface area (Å²) in [5, 5.41) is 3.43. The van der Waals surface area contributed by atoms with E-state index in [-0.39, 0.29) is 0 Å². The number of methoxy groups -OCH3 is 1. The Labute approximate surface area is 90.9 Å². The Morgan fingerprint density at radius 3 is 3.27 bits per heavy atom. The van der Waals surface area contributed by atoms with Crippen LogP contribution >= 0.6 is 0 Å². The second kappa shape index (κ2) is 5.12. The minimum Gasteiger partial charge on any atom is -0.496 e. The standard InChI is InChI=1S/C12H18N2O/c1-15-12-4-6-14-9-11(12)7-10-3-2-5-13-8-10/h4,6,9-10,13H,2-3,5,7-8H2,1H3. The first-order chi connectivity index (χ1) is 7.40. The third-order valence-electron chi connectivity index (χ3n) is 2.99. The Morgan fingerprint density at radius 2 is 2.53 bits per heavy atom. The minimum absolute atomic E-state index is 0.733. The summed E-state index contributed by atoms with van der Waals surface area (Å²) in [4.78, 5) is 4.16. The summed E-state index contributed by atoms with van der Waals surface area (Å²) in [6.07, 6.45) is 7.37. The molecule has 0 amide bonds. The number of hydrogen-bond donors (Lipinski definition) is 1. The van der Waals surface area contributed by atoms with Crippen molar-refractivity contribution in [2.75, 3.05) is 20.2 Å². The molecule has 1 unspecified atom stereocenters. The highest BCUT2D eigenvalue weighted by Crippen LogP contribution is 2.22. The van der Waals surface area contributed by atoms with Crippen LogP contribution in [0.3, 0.4) is 0 Å². The highest BCUT2D eigenvalue weighted by molar-refractivity contribution is 5.30. The molecule has 1 aromatic heterocycles. The van der Waals surface area contributed by atoms with Crippen LogP contribution in [0, 0.1) is 5.92 Å². The quantitative estimate of drug-likeness (QED) is 0.816. The van der Waals surface area contributed by atoms with E-state index in [4.69, 9.17) is 4.74 Å². The van der Waals surface area contributed by atoms with Crippen LogP contribution in [0.5, 0.6) is 5.75 Å². The lowest BCUT2D eigenvalue weighted by Gasteiger charge is -2.23. The molecule has 1 saturated heterocycles. The Balaban J connectivity index is 2.02. The normalized spacial score (nSPS) is 21.3. The lowest BCUT2D eigenvalue weighted by molar-refractivity contribution is 0.363. The van der Waals surface area contributed by atoms with E-state index in [9.17, 15) is 0 Å². The van der Waals surface area contributed by atoms with Crippen LogP contribution < -0.4 is 10.1 Å². The summed E-state index contributed by atoms with van der Waals surface area (Å²) < 4.78 is 5.33. The van der Waals surface area contributed by atoms with Crippen molar-refractivity contribution in [1.82, 2.24) is 10.3 Å². The summed E-state index contributed by atoms with van der Waals surface area (Å²) in [5.41, 5.74) is 1.23. The first kappa shape index (κ1) is 10.4. The third kappa shape index (κ3) is 2.69. The Hall–Kier alpha value is -1.09. The molecular weight excluding hydrogens is 188 g/mol. The topological polar surface area (TPSA) is 34.1 Å². The number of pyridine rings is 1. The average molecular weight is 206 g/mol. The molecule has 0 spiro atoms. The van der Waals surface area contributed by atoms with Gasteiger partial charge < -0.3 is 10.1 Å². The molecule has 2 heterocycles. The molecule has 0 aliphatic carbocycles. The van der Waals surface area contributed by atoms with Crippen molar-refractivity contribution in [3.05, 3.63) is 24.0 Å². The second-order valence-electron chi connectivity index (χ2n) is 4.10. The molecule has 1 aliphatic heterocycles. The smallest absolute Gasteiger partial charge is 0.125 e. The molecule has 15 heavy (non-hydrogen) atoms. The van der Waals surface area contributed by atoms with Gasteiger partial charge in [0.1, 0.15) is 5.75 Å². The number of aromatic nitrogens is 1. The van der Waals surface area contributed by atoms with Gasteiger partial charge in [0.25, 0.3) is 0 Å². The van der Waals surface area contributed by atoms with Gasteiger partial charge in [0, 0.05) is 18.0 Å². The molecule has 1 fully saturated rings. The van der Waals surface area contributed by atoms with Gasteiger partial charge in [-0.15, -0.1) is 0 Å². The molecule has 0 saturated carbocycles. The van der Waals surface area contributed by atoms with E-state index < -0.39 is 0 Å². The summed E-state index contributed by atoms with van der Waals surface area (Å²) in [6.45, 7) is 2.29. The van der Waals surface area contributed by atoms with E-state index in [0.29, 0.717) is 0 Å². The van der Waals surface area contributed by atoms with E-state index in [0.717, 1.165) is 24.6 Å². The number of piperidine rings is 1. The van der Waals surface area contributed by atoms with Gasteiger partial charge in [-0.2, -0.15) is 0 Å². The van der Waals surface area contributed by atoms with Gasteiger partial charge in [0.2, 0.25) is 0 Å². The largest absolute Gasteiger partial charge is 0.496 e. The van der Waals surface area contributed by atoms with Crippen LogP contribution in [0.15, 0.2) is 18.5 Å². The first-order valence-corrected chi connectivity index (χ1v) is 5.57. The van der Waals surface area contributed by atoms with Gasteiger partial charge in [0.15, 0.2) is 0 Å². The van der Waals surface area contributed by atoms with Crippen molar-refractivity contribution in [2.24, 2.45) is 5.92 Å². The lowest BCUT2D eigenvalue weighted by atomic mass is 9.93. The number of hydrogen-bond acceptors (Lipinski definition) is 3. The predicted octanol–water partition coefficient (Wildman–Crippen LogP) is 1.63. The fourth-order valence-corrected chi connectivity index (χ4v) is 2.18. The molecule has 0 radical (unpaired) electrons. The fraction of sp³-hybridized carbons (Fsp3) is 0.583. The predicted molar refractivity (Wildman–Crippen MR) is 60.1 cm³/mol. The van der Waals surface area contributed by atoms with Gasteiger partial charge in [-0.3, -0.25) is 4.98 Å². The van der Waals surface area contributed by atoms with Crippen LogP contribution in [0.1, 0.15) is 18.4 Å². The van der Waals surface area contributed by atoms with E-state index in [2.05, 4.69) is 10.3 Å². The van der Waals surface area contributed by atoms with Crippen molar-refractivity contribution in [3.8, 4) is 5.75 Å². The number of rotatable bonds is 3. The lowest BCUT2D eigenvalue weighted by Crippen LogP contribution is -2.30. The molecule has 1 atom stereocenters. The maximum Gasteiger partial charge on any atom is 0.125 e. The molecule has 82 valence electrons. The van der Waals surface area contributed by atoms with E-state index in [1.165, 1.54) is 24.9 Å². The number of nitrogens with one attached hydrogen (secondary N) is 1.